The van der Waals surface area contributed by atoms with Crippen molar-refractivity contribution in [2.24, 2.45) is 0 Å². The van der Waals surface area contributed by atoms with Gasteiger partial charge < -0.3 is 24.2 Å². The van der Waals surface area contributed by atoms with E-state index < -0.39 is 6.10 Å². The van der Waals surface area contributed by atoms with Gasteiger partial charge in [0.1, 0.15) is 12.4 Å². The number of benzene rings is 1. The van der Waals surface area contributed by atoms with Crippen molar-refractivity contribution in [1.29, 1.82) is 0 Å². The Morgan fingerprint density at radius 1 is 1.18 bits per heavy atom. The minimum Gasteiger partial charge on any atom is -0.485 e. The van der Waals surface area contributed by atoms with Crippen LogP contribution in [0.15, 0.2) is 34.9 Å². The van der Waals surface area contributed by atoms with Crippen LogP contribution in [0.5, 0.6) is 11.5 Å². The third-order valence-electron chi connectivity index (χ3n) is 4.73. The summed E-state index contributed by atoms with van der Waals surface area (Å²) in [5, 5.41) is 6.45. The molecule has 4 rings (SSSR count). The fourth-order valence-electron chi connectivity index (χ4n) is 3.28. The van der Waals surface area contributed by atoms with Gasteiger partial charge in [0.05, 0.1) is 6.54 Å². The van der Waals surface area contributed by atoms with E-state index in [4.69, 9.17) is 14.0 Å². The Labute approximate surface area is 162 Å². The first kappa shape index (κ1) is 18.3. The maximum Gasteiger partial charge on any atom is 0.267 e. The van der Waals surface area contributed by atoms with Crippen molar-refractivity contribution in [2.45, 2.75) is 13.0 Å². The highest BCUT2D eigenvalue weighted by Gasteiger charge is 2.32. The number of nitrogens with zero attached hydrogens (tertiary/aromatic N) is 3. The molecule has 0 aliphatic carbocycles. The summed E-state index contributed by atoms with van der Waals surface area (Å²) >= 11 is 0. The van der Waals surface area contributed by atoms with E-state index in [1.165, 1.54) is 0 Å². The molecule has 0 bridgehead atoms. The van der Waals surface area contributed by atoms with E-state index in [1.54, 1.807) is 24.0 Å². The Hall–Kier alpha value is -3.07. The predicted octanol–water partition coefficient (Wildman–Crippen LogP) is 0.906. The molecule has 2 aliphatic heterocycles. The standard InChI is InChI=1S/C19H22N4O5/c1-13-10-17(21-28-13)20-18(24)11-22-6-8-23(9-7-22)19(25)16-12-26-14-4-2-3-5-15(14)27-16/h2-5,10,16H,6-9,11-12H2,1H3,(H,20,21,24)/t16-/m0/s1. The molecular weight excluding hydrogens is 364 g/mol. The van der Waals surface area contributed by atoms with Crippen molar-refractivity contribution in [3.8, 4) is 11.5 Å². The van der Waals surface area contributed by atoms with E-state index in [-0.39, 0.29) is 25.0 Å². The van der Waals surface area contributed by atoms with E-state index in [0.29, 0.717) is 49.3 Å². The van der Waals surface area contributed by atoms with Crippen molar-refractivity contribution >= 4 is 17.6 Å². The zero-order valence-corrected chi connectivity index (χ0v) is 15.6. The summed E-state index contributed by atoms with van der Waals surface area (Å²) in [7, 11) is 0. The first-order valence-corrected chi connectivity index (χ1v) is 9.21. The van der Waals surface area contributed by atoms with Gasteiger partial charge in [-0.3, -0.25) is 14.5 Å². The van der Waals surface area contributed by atoms with Gasteiger partial charge >= 0.3 is 0 Å². The van der Waals surface area contributed by atoms with Crippen molar-refractivity contribution in [3.05, 3.63) is 36.1 Å². The second-order valence-corrected chi connectivity index (χ2v) is 6.84. The molecule has 0 saturated carbocycles. The molecule has 2 aromatic rings. The Balaban J connectivity index is 1.25. The van der Waals surface area contributed by atoms with Gasteiger partial charge in [0.2, 0.25) is 12.0 Å². The van der Waals surface area contributed by atoms with Gasteiger partial charge in [0.15, 0.2) is 17.3 Å². The van der Waals surface area contributed by atoms with Crippen molar-refractivity contribution < 1.29 is 23.6 Å². The molecule has 9 nitrogen and oxygen atoms in total. The van der Waals surface area contributed by atoms with E-state index in [1.807, 2.05) is 23.1 Å². The van der Waals surface area contributed by atoms with Gasteiger partial charge in [-0.2, -0.15) is 0 Å². The van der Waals surface area contributed by atoms with Crippen LogP contribution in [-0.2, 0) is 9.59 Å². The molecule has 0 spiro atoms. The largest absolute Gasteiger partial charge is 0.485 e. The summed E-state index contributed by atoms with van der Waals surface area (Å²) in [6.45, 7) is 4.51. The summed E-state index contributed by atoms with van der Waals surface area (Å²) in [5.41, 5.74) is 0. The average molecular weight is 386 g/mol. The summed E-state index contributed by atoms with van der Waals surface area (Å²) in [4.78, 5) is 28.6. The lowest BCUT2D eigenvalue weighted by molar-refractivity contribution is -0.143. The quantitative estimate of drug-likeness (QED) is 0.834. The summed E-state index contributed by atoms with van der Waals surface area (Å²) in [6, 6.07) is 8.99. The topological polar surface area (TPSA) is 97.1 Å². The fourth-order valence-corrected chi connectivity index (χ4v) is 3.28. The highest BCUT2D eigenvalue weighted by molar-refractivity contribution is 5.91. The number of aromatic nitrogens is 1. The number of hydrogen-bond acceptors (Lipinski definition) is 7. The predicted molar refractivity (Wildman–Crippen MR) is 99.2 cm³/mol. The van der Waals surface area contributed by atoms with E-state index in [9.17, 15) is 9.59 Å². The Morgan fingerprint density at radius 2 is 1.93 bits per heavy atom. The second kappa shape index (κ2) is 7.89. The first-order chi connectivity index (χ1) is 13.6. The number of rotatable bonds is 4. The zero-order valence-electron chi connectivity index (χ0n) is 15.6. The zero-order chi connectivity index (χ0) is 19.5. The van der Waals surface area contributed by atoms with Gasteiger partial charge in [-0.05, 0) is 19.1 Å². The third-order valence-corrected chi connectivity index (χ3v) is 4.73. The van der Waals surface area contributed by atoms with Crippen LogP contribution in [0.4, 0.5) is 5.82 Å². The normalized spacial score (nSPS) is 19.3. The number of aryl methyl sites for hydroxylation is 1. The Bertz CT molecular complexity index is 860. The molecule has 1 fully saturated rings. The highest BCUT2D eigenvalue weighted by atomic mass is 16.6. The SMILES string of the molecule is Cc1cc(NC(=O)CN2CCN(C(=O)[C@@H]3COc4ccccc4O3)CC2)no1. The molecule has 2 aliphatic rings. The number of carbonyl (C=O) groups excluding carboxylic acids is 2. The number of piperazine rings is 1. The van der Waals surface area contributed by atoms with Crippen molar-refractivity contribution in [2.75, 3.05) is 44.6 Å². The van der Waals surface area contributed by atoms with E-state index in [2.05, 4.69) is 10.5 Å². The Morgan fingerprint density at radius 3 is 2.64 bits per heavy atom. The molecule has 148 valence electrons. The van der Waals surface area contributed by atoms with Crippen LogP contribution >= 0.6 is 0 Å². The molecule has 0 unspecified atom stereocenters. The monoisotopic (exact) mass is 386 g/mol. The Kier molecular flexibility index (Phi) is 5.16. The van der Waals surface area contributed by atoms with E-state index in [0.717, 1.165) is 0 Å². The molecule has 1 N–H and O–H groups in total. The minimum atomic E-state index is -0.639. The molecule has 1 atom stereocenters. The van der Waals surface area contributed by atoms with Gasteiger partial charge in [0.25, 0.3) is 5.91 Å². The van der Waals surface area contributed by atoms with Crippen LogP contribution in [0.2, 0.25) is 0 Å². The number of fused-ring (bicyclic) bond motifs is 1. The number of carbonyl (C=O) groups is 2. The fraction of sp³-hybridized carbons (Fsp3) is 0.421. The summed E-state index contributed by atoms with van der Waals surface area (Å²) in [5.74, 6) is 2.05. The highest BCUT2D eigenvalue weighted by Crippen LogP contribution is 2.31. The van der Waals surface area contributed by atoms with Gasteiger partial charge in [-0.25, -0.2) is 0 Å². The van der Waals surface area contributed by atoms with Crippen LogP contribution in [0.25, 0.3) is 0 Å². The third kappa shape index (κ3) is 4.09. The molecule has 0 radical (unpaired) electrons. The van der Waals surface area contributed by atoms with Crippen LogP contribution < -0.4 is 14.8 Å². The van der Waals surface area contributed by atoms with Crippen molar-refractivity contribution in [3.63, 3.8) is 0 Å². The lowest BCUT2D eigenvalue weighted by atomic mass is 10.2. The molecule has 2 amide bonds. The number of amides is 2. The first-order valence-electron chi connectivity index (χ1n) is 9.21. The lowest BCUT2D eigenvalue weighted by Gasteiger charge is -2.36. The number of para-hydroxylation sites is 2. The molecule has 1 aromatic carbocycles. The maximum atomic E-state index is 12.7. The summed E-state index contributed by atoms with van der Waals surface area (Å²) in [6.07, 6.45) is -0.639. The molecule has 28 heavy (non-hydrogen) atoms. The summed E-state index contributed by atoms with van der Waals surface area (Å²) < 4.78 is 16.4. The van der Waals surface area contributed by atoms with Crippen LogP contribution in [0.1, 0.15) is 5.76 Å². The van der Waals surface area contributed by atoms with Gasteiger partial charge in [0, 0.05) is 32.2 Å². The minimum absolute atomic E-state index is 0.0864. The second-order valence-electron chi connectivity index (χ2n) is 6.84. The number of nitrogens with one attached hydrogen (secondary N) is 1. The van der Waals surface area contributed by atoms with E-state index >= 15 is 0 Å². The number of ether oxygens (including phenoxy) is 2. The molecule has 1 aromatic heterocycles. The van der Waals surface area contributed by atoms with Gasteiger partial charge in [-0.15, -0.1) is 0 Å². The average Bonchev–Trinajstić information content (AvgIpc) is 3.12. The molecular formula is C19H22N4O5. The van der Waals surface area contributed by atoms with Crippen molar-refractivity contribution in [1.82, 2.24) is 15.0 Å². The molecule has 1 saturated heterocycles. The lowest BCUT2D eigenvalue weighted by Crippen LogP contribution is -2.54. The van der Waals surface area contributed by atoms with Crippen LogP contribution in [0, 0.1) is 6.92 Å². The number of hydrogen-bond donors (Lipinski definition) is 1. The smallest absolute Gasteiger partial charge is 0.267 e. The number of anilines is 1. The molecule has 3 heterocycles. The molecule has 9 heteroatoms. The van der Waals surface area contributed by atoms with Gasteiger partial charge in [-0.1, -0.05) is 17.3 Å². The van der Waals surface area contributed by atoms with Crippen LogP contribution in [0.3, 0.4) is 0 Å². The van der Waals surface area contributed by atoms with Crippen LogP contribution in [-0.4, -0.2) is 72.2 Å². The maximum absolute atomic E-state index is 12.7.